The maximum atomic E-state index is 12.9. The minimum absolute atomic E-state index is 0.544. The second-order valence-electron chi connectivity index (χ2n) is 4.03. The minimum Gasteiger partial charge on any atom is -0.204 e. The highest BCUT2D eigenvalue weighted by molar-refractivity contribution is 9.09. The lowest BCUT2D eigenvalue weighted by molar-refractivity contribution is 0.506. The molecule has 1 aromatic carbocycles. The van der Waals surface area contributed by atoms with E-state index in [0.29, 0.717) is 4.83 Å². The summed E-state index contributed by atoms with van der Waals surface area (Å²) in [7, 11) is 0. The lowest BCUT2D eigenvalue weighted by Crippen LogP contribution is -1.98. The predicted octanol–water partition coefficient (Wildman–Crippen LogP) is 4.85. The van der Waals surface area contributed by atoms with Gasteiger partial charge in [0, 0.05) is 4.83 Å². The summed E-state index contributed by atoms with van der Waals surface area (Å²) in [5.41, 5.74) is 0.870. The van der Waals surface area contributed by atoms with Crippen LogP contribution in [0.2, 0.25) is 0 Å². The van der Waals surface area contributed by atoms with Gasteiger partial charge in [-0.1, -0.05) is 35.3 Å². The summed E-state index contributed by atoms with van der Waals surface area (Å²) < 4.78 is 25.6. The first kappa shape index (κ1) is 13.6. The predicted molar refractivity (Wildman–Crippen MR) is 66.9 cm³/mol. The normalized spacial score (nSPS) is 12.8. The molecule has 0 N–H and O–H groups in total. The number of halogens is 3. The largest absolute Gasteiger partial charge is 0.204 e. The van der Waals surface area contributed by atoms with E-state index >= 15 is 0 Å². The SMILES string of the molecule is CCCC(Br)CCCc1ccc(F)c(F)c1. The number of hydrogen-bond donors (Lipinski definition) is 0. The van der Waals surface area contributed by atoms with E-state index in [1.807, 2.05) is 0 Å². The molecule has 0 heterocycles. The van der Waals surface area contributed by atoms with Crippen molar-refractivity contribution in [3.05, 3.63) is 35.4 Å². The minimum atomic E-state index is -0.770. The molecular weight excluding hydrogens is 274 g/mol. The van der Waals surface area contributed by atoms with E-state index in [-0.39, 0.29) is 0 Å². The second-order valence-corrected chi connectivity index (χ2v) is 5.32. The van der Waals surface area contributed by atoms with E-state index in [2.05, 4.69) is 22.9 Å². The van der Waals surface area contributed by atoms with Gasteiger partial charge in [-0.25, -0.2) is 8.78 Å². The van der Waals surface area contributed by atoms with Crippen molar-refractivity contribution in [3.8, 4) is 0 Å². The molecule has 0 nitrogen and oxygen atoms in total. The van der Waals surface area contributed by atoms with Crippen LogP contribution in [0.4, 0.5) is 8.78 Å². The zero-order valence-corrected chi connectivity index (χ0v) is 11.1. The van der Waals surface area contributed by atoms with Gasteiger partial charge in [0.2, 0.25) is 0 Å². The smallest absolute Gasteiger partial charge is 0.159 e. The third-order valence-electron chi connectivity index (χ3n) is 2.57. The number of alkyl halides is 1. The summed E-state index contributed by atoms with van der Waals surface area (Å²) in [6, 6.07) is 4.14. The molecule has 0 aliphatic rings. The Morgan fingerprint density at radius 1 is 1.19 bits per heavy atom. The number of rotatable bonds is 6. The van der Waals surface area contributed by atoms with Gasteiger partial charge in [0.1, 0.15) is 0 Å². The molecule has 0 saturated carbocycles. The average molecular weight is 291 g/mol. The molecule has 0 spiro atoms. The molecule has 0 aliphatic carbocycles. The molecule has 0 aromatic heterocycles. The maximum Gasteiger partial charge on any atom is 0.159 e. The van der Waals surface area contributed by atoms with Crippen LogP contribution in [0.1, 0.15) is 38.2 Å². The highest BCUT2D eigenvalue weighted by Crippen LogP contribution is 2.17. The van der Waals surface area contributed by atoms with Crippen LogP contribution in [0.3, 0.4) is 0 Å². The Kier molecular flexibility index (Phi) is 5.96. The van der Waals surface area contributed by atoms with Crippen molar-refractivity contribution in [1.82, 2.24) is 0 Å². The van der Waals surface area contributed by atoms with Crippen molar-refractivity contribution in [1.29, 1.82) is 0 Å². The van der Waals surface area contributed by atoms with Gasteiger partial charge in [-0.2, -0.15) is 0 Å². The van der Waals surface area contributed by atoms with E-state index in [9.17, 15) is 8.78 Å². The van der Waals surface area contributed by atoms with E-state index in [1.165, 1.54) is 18.6 Å². The lowest BCUT2D eigenvalue weighted by atomic mass is 10.1. The van der Waals surface area contributed by atoms with E-state index in [0.717, 1.165) is 31.2 Å². The van der Waals surface area contributed by atoms with Gasteiger partial charge in [-0.05, 0) is 43.4 Å². The Labute approximate surface area is 104 Å². The fourth-order valence-corrected chi connectivity index (χ4v) is 2.46. The molecule has 1 rings (SSSR count). The Balaban J connectivity index is 2.34. The molecule has 0 bridgehead atoms. The van der Waals surface area contributed by atoms with Crippen LogP contribution in [0.25, 0.3) is 0 Å². The monoisotopic (exact) mass is 290 g/mol. The Morgan fingerprint density at radius 2 is 1.94 bits per heavy atom. The Bertz CT molecular complexity index is 326. The molecule has 90 valence electrons. The molecule has 3 heteroatoms. The van der Waals surface area contributed by atoms with Gasteiger partial charge in [-0.15, -0.1) is 0 Å². The maximum absolute atomic E-state index is 12.9. The standard InChI is InChI=1S/C13H17BrF2/c1-2-4-11(14)6-3-5-10-7-8-12(15)13(16)9-10/h7-9,11H,2-6H2,1H3. The van der Waals surface area contributed by atoms with Crippen LogP contribution in [0.5, 0.6) is 0 Å². The summed E-state index contributed by atoms with van der Waals surface area (Å²) in [4.78, 5) is 0.544. The van der Waals surface area contributed by atoms with Gasteiger partial charge >= 0.3 is 0 Å². The van der Waals surface area contributed by atoms with Gasteiger partial charge < -0.3 is 0 Å². The first-order valence-corrected chi connectivity index (χ1v) is 6.63. The Hall–Kier alpha value is -0.440. The average Bonchev–Trinajstić information content (AvgIpc) is 2.24. The molecular formula is C13H17BrF2. The van der Waals surface area contributed by atoms with Crippen LogP contribution < -0.4 is 0 Å². The van der Waals surface area contributed by atoms with Gasteiger partial charge in [0.25, 0.3) is 0 Å². The fraction of sp³-hybridized carbons (Fsp3) is 0.538. The Morgan fingerprint density at radius 3 is 2.56 bits per heavy atom. The van der Waals surface area contributed by atoms with Gasteiger partial charge in [0.05, 0.1) is 0 Å². The van der Waals surface area contributed by atoms with Crippen LogP contribution in [-0.4, -0.2) is 4.83 Å². The molecule has 0 amide bonds. The molecule has 1 atom stereocenters. The summed E-state index contributed by atoms with van der Waals surface area (Å²) in [5.74, 6) is -1.52. The lowest BCUT2D eigenvalue weighted by Gasteiger charge is -2.07. The molecule has 16 heavy (non-hydrogen) atoms. The number of benzene rings is 1. The second kappa shape index (κ2) is 7.00. The van der Waals surface area contributed by atoms with E-state index in [4.69, 9.17) is 0 Å². The van der Waals surface area contributed by atoms with Gasteiger partial charge in [-0.3, -0.25) is 0 Å². The van der Waals surface area contributed by atoms with Crippen molar-refractivity contribution >= 4 is 15.9 Å². The first-order valence-electron chi connectivity index (χ1n) is 5.71. The highest BCUT2D eigenvalue weighted by Gasteiger charge is 2.05. The van der Waals surface area contributed by atoms with Crippen molar-refractivity contribution < 1.29 is 8.78 Å². The quantitative estimate of drug-likeness (QED) is 0.657. The zero-order chi connectivity index (χ0) is 12.0. The molecule has 1 unspecified atom stereocenters. The van der Waals surface area contributed by atoms with Crippen molar-refractivity contribution in [3.63, 3.8) is 0 Å². The van der Waals surface area contributed by atoms with Crippen molar-refractivity contribution in [2.75, 3.05) is 0 Å². The summed E-state index contributed by atoms with van der Waals surface area (Å²) in [6.07, 6.45) is 5.22. The van der Waals surface area contributed by atoms with Crippen LogP contribution in [0.15, 0.2) is 18.2 Å². The topological polar surface area (TPSA) is 0 Å². The third kappa shape index (κ3) is 4.60. The van der Waals surface area contributed by atoms with Crippen LogP contribution in [0, 0.1) is 11.6 Å². The molecule has 0 fully saturated rings. The van der Waals surface area contributed by atoms with Crippen molar-refractivity contribution in [2.24, 2.45) is 0 Å². The van der Waals surface area contributed by atoms with Crippen LogP contribution >= 0.6 is 15.9 Å². The zero-order valence-electron chi connectivity index (χ0n) is 9.48. The van der Waals surface area contributed by atoms with E-state index in [1.54, 1.807) is 6.07 Å². The van der Waals surface area contributed by atoms with Crippen LogP contribution in [-0.2, 0) is 6.42 Å². The summed E-state index contributed by atoms with van der Waals surface area (Å²) >= 11 is 3.60. The van der Waals surface area contributed by atoms with E-state index < -0.39 is 11.6 Å². The van der Waals surface area contributed by atoms with Crippen molar-refractivity contribution in [2.45, 2.75) is 43.9 Å². The summed E-state index contributed by atoms with van der Waals surface area (Å²) in [6.45, 7) is 2.16. The molecule has 0 saturated heterocycles. The molecule has 1 aromatic rings. The third-order valence-corrected chi connectivity index (χ3v) is 3.48. The number of hydrogen-bond acceptors (Lipinski definition) is 0. The van der Waals surface area contributed by atoms with Gasteiger partial charge in [0.15, 0.2) is 11.6 Å². The fourth-order valence-electron chi connectivity index (χ4n) is 1.68. The summed E-state index contributed by atoms with van der Waals surface area (Å²) in [5, 5.41) is 0. The molecule has 0 aliphatic heterocycles. The first-order chi connectivity index (χ1) is 7.63. The number of aryl methyl sites for hydroxylation is 1. The highest BCUT2D eigenvalue weighted by atomic mass is 79.9. The molecule has 0 radical (unpaired) electrons.